The SMILES string of the molecule is COc1cccc(-c2cccc(-c3cc4c(s3)CCCC43CCSC(N)=N3)c2)c1. The largest absolute Gasteiger partial charge is 0.497 e. The van der Waals surface area contributed by atoms with Crippen LogP contribution in [0, 0.1) is 0 Å². The second-order valence-corrected chi connectivity index (χ2v) is 9.95. The highest BCUT2D eigenvalue weighted by molar-refractivity contribution is 8.13. The Morgan fingerprint density at radius 1 is 1.00 bits per heavy atom. The third-order valence-electron chi connectivity index (χ3n) is 5.94. The number of hydrogen-bond donors (Lipinski definition) is 1. The summed E-state index contributed by atoms with van der Waals surface area (Å²) in [6.07, 6.45) is 4.55. The van der Waals surface area contributed by atoms with Crippen LogP contribution in [-0.2, 0) is 12.0 Å². The van der Waals surface area contributed by atoms with Crippen LogP contribution in [0.25, 0.3) is 21.6 Å². The number of nitrogens with two attached hydrogens (primary N) is 1. The van der Waals surface area contributed by atoms with E-state index >= 15 is 0 Å². The summed E-state index contributed by atoms with van der Waals surface area (Å²) in [5.41, 5.74) is 11.1. The van der Waals surface area contributed by atoms with E-state index in [1.165, 1.54) is 38.4 Å². The number of thioether (sulfide) groups is 1. The van der Waals surface area contributed by atoms with Crippen molar-refractivity contribution in [3.8, 4) is 27.3 Å². The Hall–Kier alpha value is -2.24. The molecule has 0 saturated carbocycles. The minimum Gasteiger partial charge on any atom is -0.497 e. The van der Waals surface area contributed by atoms with Gasteiger partial charge < -0.3 is 10.5 Å². The summed E-state index contributed by atoms with van der Waals surface area (Å²) in [6.45, 7) is 0. The first kappa shape index (κ1) is 18.8. The van der Waals surface area contributed by atoms with Crippen molar-refractivity contribution >= 4 is 28.3 Å². The zero-order valence-corrected chi connectivity index (χ0v) is 18.1. The smallest absolute Gasteiger partial charge is 0.154 e. The topological polar surface area (TPSA) is 47.6 Å². The number of methoxy groups -OCH3 is 1. The van der Waals surface area contributed by atoms with Gasteiger partial charge in [0, 0.05) is 15.5 Å². The number of amidine groups is 1. The number of nitrogens with zero attached hydrogens (tertiary/aromatic N) is 1. The molecule has 3 nitrogen and oxygen atoms in total. The van der Waals surface area contributed by atoms with E-state index in [-0.39, 0.29) is 5.54 Å². The molecule has 29 heavy (non-hydrogen) atoms. The van der Waals surface area contributed by atoms with E-state index < -0.39 is 0 Å². The summed E-state index contributed by atoms with van der Waals surface area (Å²) < 4.78 is 5.40. The molecule has 5 heteroatoms. The molecule has 148 valence electrons. The Balaban J connectivity index is 1.55. The fourth-order valence-corrected chi connectivity index (χ4v) is 6.66. The third kappa shape index (κ3) is 3.47. The molecule has 1 atom stereocenters. The molecule has 0 saturated heterocycles. The van der Waals surface area contributed by atoms with Gasteiger partial charge in [-0.2, -0.15) is 0 Å². The van der Waals surface area contributed by atoms with E-state index in [0.717, 1.165) is 35.9 Å². The lowest BCUT2D eigenvalue weighted by molar-refractivity contribution is 0.368. The number of thiophene rings is 1. The molecule has 0 radical (unpaired) electrons. The minimum atomic E-state index is -0.0952. The molecule has 5 rings (SSSR count). The van der Waals surface area contributed by atoms with Crippen molar-refractivity contribution in [1.82, 2.24) is 0 Å². The van der Waals surface area contributed by atoms with Crippen molar-refractivity contribution in [3.05, 3.63) is 65.0 Å². The molecule has 2 N–H and O–H groups in total. The fraction of sp³-hybridized carbons (Fsp3) is 0.292. The summed E-state index contributed by atoms with van der Waals surface area (Å²) in [7, 11) is 1.71. The monoisotopic (exact) mass is 420 g/mol. The van der Waals surface area contributed by atoms with Crippen LogP contribution in [0.15, 0.2) is 59.6 Å². The average molecular weight is 421 g/mol. The van der Waals surface area contributed by atoms with E-state index in [0.29, 0.717) is 0 Å². The Morgan fingerprint density at radius 3 is 2.62 bits per heavy atom. The fourth-order valence-electron chi connectivity index (χ4n) is 4.48. The number of aliphatic imine (C=N–C) groups is 1. The molecule has 2 aliphatic rings. The highest BCUT2D eigenvalue weighted by atomic mass is 32.2. The number of fused-ring (bicyclic) bond motifs is 2. The highest BCUT2D eigenvalue weighted by Crippen LogP contribution is 2.49. The van der Waals surface area contributed by atoms with Gasteiger partial charge in [-0.25, -0.2) is 0 Å². The van der Waals surface area contributed by atoms with Gasteiger partial charge in [-0.1, -0.05) is 42.1 Å². The predicted octanol–water partition coefficient (Wildman–Crippen LogP) is 6.07. The van der Waals surface area contributed by atoms with E-state index in [1.807, 2.05) is 23.5 Å². The Kier molecular flexibility index (Phi) is 4.88. The van der Waals surface area contributed by atoms with Crippen molar-refractivity contribution in [3.63, 3.8) is 0 Å². The van der Waals surface area contributed by atoms with Crippen LogP contribution in [0.3, 0.4) is 0 Å². The molecule has 3 aromatic rings. The number of ether oxygens (including phenoxy) is 1. The van der Waals surface area contributed by atoms with Gasteiger partial charge in [-0.05, 0) is 72.2 Å². The van der Waals surface area contributed by atoms with Gasteiger partial charge in [-0.3, -0.25) is 4.99 Å². The van der Waals surface area contributed by atoms with Crippen LogP contribution < -0.4 is 10.5 Å². The number of rotatable bonds is 3. The van der Waals surface area contributed by atoms with Crippen LogP contribution in [0.5, 0.6) is 5.75 Å². The van der Waals surface area contributed by atoms with Crippen LogP contribution in [0.1, 0.15) is 29.7 Å². The molecular weight excluding hydrogens is 396 g/mol. The van der Waals surface area contributed by atoms with Gasteiger partial charge in [0.25, 0.3) is 0 Å². The predicted molar refractivity (Wildman–Crippen MR) is 125 cm³/mol. The minimum absolute atomic E-state index is 0.0952. The maximum Gasteiger partial charge on any atom is 0.154 e. The second kappa shape index (κ2) is 7.54. The molecule has 1 aromatic heterocycles. The molecule has 2 aromatic carbocycles. The molecule has 0 amide bonds. The zero-order chi connectivity index (χ0) is 19.8. The van der Waals surface area contributed by atoms with Crippen LogP contribution in [0.2, 0.25) is 0 Å². The molecular formula is C24H24N2OS2. The van der Waals surface area contributed by atoms with Gasteiger partial charge in [0.05, 0.1) is 12.6 Å². The normalized spacial score (nSPS) is 20.9. The maximum atomic E-state index is 6.13. The van der Waals surface area contributed by atoms with E-state index in [2.05, 4.69) is 42.5 Å². The van der Waals surface area contributed by atoms with E-state index in [1.54, 1.807) is 18.9 Å². The Morgan fingerprint density at radius 2 is 1.79 bits per heavy atom. The number of aryl methyl sites for hydroxylation is 1. The van der Waals surface area contributed by atoms with Gasteiger partial charge in [0.1, 0.15) is 5.75 Å². The van der Waals surface area contributed by atoms with Crippen LogP contribution >= 0.6 is 23.1 Å². The quantitative estimate of drug-likeness (QED) is 0.559. The molecule has 0 fully saturated rings. The highest BCUT2D eigenvalue weighted by Gasteiger charge is 2.39. The van der Waals surface area contributed by atoms with E-state index in [4.69, 9.17) is 15.5 Å². The Labute approximate surface area is 180 Å². The Bertz CT molecular complexity index is 1090. The van der Waals surface area contributed by atoms with Gasteiger partial charge in [0.15, 0.2) is 5.17 Å². The van der Waals surface area contributed by atoms with Crippen molar-refractivity contribution in [1.29, 1.82) is 0 Å². The van der Waals surface area contributed by atoms with Gasteiger partial charge >= 0.3 is 0 Å². The average Bonchev–Trinajstić information content (AvgIpc) is 3.20. The van der Waals surface area contributed by atoms with Gasteiger partial charge in [-0.15, -0.1) is 11.3 Å². The standard InChI is InChI=1S/C24H24N2OS2/c1-27-19-8-3-6-17(14-19)16-5-2-7-18(13-16)22-15-20-21(29-22)9-4-10-24(20)11-12-28-23(25)26-24/h2-3,5-8,13-15H,4,9-12H2,1H3,(H2,25,26). The maximum absolute atomic E-state index is 6.13. The zero-order valence-electron chi connectivity index (χ0n) is 16.5. The van der Waals surface area contributed by atoms with Crippen LogP contribution in [-0.4, -0.2) is 18.0 Å². The van der Waals surface area contributed by atoms with Gasteiger partial charge in [0.2, 0.25) is 0 Å². The number of hydrogen-bond acceptors (Lipinski definition) is 5. The van der Waals surface area contributed by atoms with Crippen molar-refractivity contribution in [2.24, 2.45) is 10.7 Å². The second-order valence-electron chi connectivity index (χ2n) is 7.69. The summed E-state index contributed by atoms with van der Waals surface area (Å²) >= 11 is 3.61. The molecule has 0 bridgehead atoms. The molecule has 1 aliphatic carbocycles. The first-order valence-electron chi connectivity index (χ1n) is 10.0. The molecule has 1 unspecified atom stereocenters. The number of benzene rings is 2. The molecule has 1 aliphatic heterocycles. The lowest BCUT2D eigenvalue weighted by atomic mass is 9.78. The first-order valence-corrected chi connectivity index (χ1v) is 11.8. The summed E-state index contributed by atoms with van der Waals surface area (Å²) in [5.74, 6) is 1.94. The first-order chi connectivity index (χ1) is 14.2. The van der Waals surface area contributed by atoms with Crippen LogP contribution in [0.4, 0.5) is 0 Å². The van der Waals surface area contributed by atoms with E-state index in [9.17, 15) is 0 Å². The third-order valence-corrected chi connectivity index (χ3v) is 7.98. The summed E-state index contributed by atoms with van der Waals surface area (Å²) in [5, 5.41) is 0.747. The van der Waals surface area contributed by atoms with Crippen molar-refractivity contribution in [2.45, 2.75) is 31.2 Å². The summed E-state index contributed by atoms with van der Waals surface area (Å²) in [6, 6.07) is 19.4. The lowest BCUT2D eigenvalue weighted by Gasteiger charge is -2.36. The summed E-state index contributed by atoms with van der Waals surface area (Å²) in [4.78, 5) is 7.77. The lowest BCUT2D eigenvalue weighted by Crippen LogP contribution is -2.34. The van der Waals surface area contributed by atoms with Crippen molar-refractivity contribution in [2.75, 3.05) is 12.9 Å². The molecule has 2 heterocycles. The molecule has 1 spiro atoms. The van der Waals surface area contributed by atoms with Crippen molar-refractivity contribution < 1.29 is 4.74 Å².